The van der Waals surface area contributed by atoms with Crippen LogP contribution in [0.4, 0.5) is 5.69 Å². The van der Waals surface area contributed by atoms with Gasteiger partial charge in [-0.15, -0.1) is 0 Å². The van der Waals surface area contributed by atoms with Crippen LogP contribution in [0.15, 0.2) is 63.8 Å². The second-order valence-electron chi connectivity index (χ2n) is 7.76. The highest BCUT2D eigenvalue weighted by Crippen LogP contribution is 2.15. The van der Waals surface area contributed by atoms with Gasteiger partial charge >= 0.3 is 5.63 Å². The Morgan fingerprint density at radius 1 is 1.06 bits per heavy atom. The standard InChI is InChI=1S/C24H25N3O4/c1-2-17-7-3-5-9-20(17)25-22(28)16-26-11-13-27(14-12-26)23(29)19-15-18-8-4-6-10-21(18)31-24(19)30/h3-10,15H,2,11-14,16H2,1H3,(H,25,28)/p+1. The summed E-state index contributed by atoms with van der Waals surface area (Å²) in [5.74, 6) is -0.356. The first-order chi connectivity index (χ1) is 15.0. The Morgan fingerprint density at radius 3 is 2.55 bits per heavy atom. The molecule has 7 nitrogen and oxygen atoms in total. The van der Waals surface area contributed by atoms with Crippen molar-refractivity contribution >= 4 is 28.5 Å². The zero-order valence-corrected chi connectivity index (χ0v) is 17.5. The molecule has 1 saturated heterocycles. The quantitative estimate of drug-likeness (QED) is 0.610. The molecule has 1 aliphatic heterocycles. The second kappa shape index (κ2) is 9.14. The fourth-order valence-corrected chi connectivity index (χ4v) is 3.96. The molecule has 2 heterocycles. The number of amides is 2. The number of hydrogen-bond donors (Lipinski definition) is 2. The number of rotatable bonds is 5. The Kier molecular flexibility index (Phi) is 6.13. The molecular formula is C24H26N3O4+. The number of para-hydroxylation sites is 2. The summed E-state index contributed by atoms with van der Waals surface area (Å²) in [4.78, 5) is 40.4. The molecular weight excluding hydrogens is 394 g/mol. The first kappa shape index (κ1) is 20.8. The van der Waals surface area contributed by atoms with Crippen LogP contribution in [0, 0.1) is 0 Å². The number of piperazine rings is 1. The monoisotopic (exact) mass is 420 g/mol. The molecule has 0 bridgehead atoms. The van der Waals surface area contributed by atoms with Crippen LogP contribution in [0.1, 0.15) is 22.8 Å². The highest BCUT2D eigenvalue weighted by Gasteiger charge is 2.28. The molecule has 2 aromatic carbocycles. The molecule has 0 atom stereocenters. The van der Waals surface area contributed by atoms with Crippen LogP contribution in [-0.4, -0.2) is 49.4 Å². The van der Waals surface area contributed by atoms with Gasteiger partial charge in [-0.05, 0) is 30.2 Å². The number of aryl methyl sites for hydroxylation is 1. The zero-order chi connectivity index (χ0) is 21.8. The van der Waals surface area contributed by atoms with Crippen molar-refractivity contribution in [2.75, 3.05) is 38.0 Å². The van der Waals surface area contributed by atoms with Crippen LogP contribution in [0.2, 0.25) is 0 Å². The third kappa shape index (κ3) is 4.67. The van der Waals surface area contributed by atoms with Gasteiger partial charge in [0.2, 0.25) is 0 Å². The SMILES string of the molecule is CCc1ccccc1NC(=O)C[NH+]1CCN(C(=O)c2cc3ccccc3oc2=O)CC1. The Bertz CT molecular complexity index is 1160. The molecule has 160 valence electrons. The minimum atomic E-state index is -0.618. The molecule has 4 rings (SSSR count). The van der Waals surface area contributed by atoms with Crippen LogP contribution in [0.3, 0.4) is 0 Å². The van der Waals surface area contributed by atoms with Gasteiger partial charge in [0.05, 0.1) is 26.2 Å². The minimum absolute atomic E-state index is 0.0362. The van der Waals surface area contributed by atoms with Crippen molar-refractivity contribution in [1.29, 1.82) is 0 Å². The third-order valence-corrected chi connectivity index (χ3v) is 5.71. The molecule has 0 saturated carbocycles. The van der Waals surface area contributed by atoms with E-state index in [4.69, 9.17) is 4.42 Å². The molecule has 3 aromatic rings. The number of anilines is 1. The Hall–Kier alpha value is -3.45. The summed E-state index contributed by atoms with van der Waals surface area (Å²) in [6.45, 7) is 4.67. The van der Waals surface area contributed by atoms with E-state index in [0.29, 0.717) is 38.3 Å². The van der Waals surface area contributed by atoms with Gasteiger partial charge < -0.3 is 19.5 Å². The lowest BCUT2D eigenvalue weighted by molar-refractivity contribution is -0.895. The number of nitrogens with one attached hydrogen (secondary N) is 2. The van der Waals surface area contributed by atoms with Gasteiger partial charge in [-0.1, -0.05) is 43.3 Å². The van der Waals surface area contributed by atoms with Gasteiger partial charge in [-0.25, -0.2) is 4.79 Å². The topological polar surface area (TPSA) is 84.1 Å². The Morgan fingerprint density at radius 2 is 1.77 bits per heavy atom. The smallest absolute Gasteiger partial charge is 0.349 e. The zero-order valence-electron chi connectivity index (χ0n) is 17.5. The molecule has 1 fully saturated rings. The first-order valence-electron chi connectivity index (χ1n) is 10.6. The normalized spacial score (nSPS) is 14.5. The van der Waals surface area contributed by atoms with Crippen molar-refractivity contribution in [3.8, 4) is 0 Å². The maximum absolute atomic E-state index is 12.9. The van der Waals surface area contributed by atoms with Gasteiger partial charge in [-0.2, -0.15) is 0 Å². The van der Waals surface area contributed by atoms with Gasteiger partial charge in [0.25, 0.3) is 11.8 Å². The number of carbonyl (C=O) groups is 2. The summed E-state index contributed by atoms with van der Waals surface area (Å²) in [6.07, 6.45) is 0.854. The molecule has 7 heteroatoms. The summed E-state index contributed by atoms with van der Waals surface area (Å²) in [7, 11) is 0. The van der Waals surface area contributed by atoms with Gasteiger partial charge in [0.15, 0.2) is 6.54 Å². The summed E-state index contributed by atoms with van der Waals surface area (Å²) in [5.41, 5.74) is 1.86. The number of nitrogens with zero attached hydrogens (tertiary/aromatic N) is 1. The molecule has 0 unspecified atom stereocenters. The average Bonchev–Trinajstić information content (AvgIpc) is 2.79. The van der Waals surface area contributed by atoms with Crippen LogP contribution < -0.4 is 15.8 Å². The third-order valence-electron chi connectivity index (χ3n) is 5.71. The number of benzene rings is 2. The van der Waals surface area contributed by atoms with E-state index < -0.39 is 5.63 Å². The van der Waals surface area contributed by atoms with Crippen molar-refractivity contribution in [2.45, 2.75) is 13.3 Å². The molecule has 2 N–H and O–H groups in total. The maximum atomic E-state index is 12.9. The average molecular weight is 420 g/mol. The highest BCUT2D eigenvalue weighted by atomic mass is 16.4. The maximum Gasteiger partial charge on any atom is 0.349 e. The number of hydrogen-bond acceptors (Lipinski definition) is 4. The summed E-state index contributed by atoms with van der Waals surface area (Å²) in [6, 6.07) is 16.5. The van der Waals surface area contributed by atoms with Crippen molar-refractivity contribution in [3.63, 3.8) is 0 Å². The second-order valence-corrected chi connectivity index (χ2v) is 7.76. The van der Waals surface area contributed by atoms with Crippen molar-refractivity contribution in [1.82, 2.24) is 4.90 Å². The predicted octanol–water partition coefficient (Wildman–Crippen LogP) is 1.33. The highest BCUT2D eigenvalue weighted by molar-refractivity contribution is 5.96. The van der Waals surface area contributed by atoms with E-state index in [1.54, 1.807) is 23.1 Å². The number of carbonyl (C=O) groups excluding carboxylic acids is 2. The van der Waals surface area contributed by atoms with E-state index in [-0.39, 0.29) is 17.4 Å². The lowest BCUT2D eigenvalue weighted by atomic mass is 10.1. The fourth-order valence-electron chi connectivity index (χ4n) is 3.96. The molecule has 1 aliphatic rings. The number of quaternary nitrogens is 1. The molecule has 1 aromatic heterocycles. The lowest BCUT2D eigenvalue weighted by Gasteiger charge is -2.31. The fraction of sp³-hybridized carbons (Fsp3) is 0.292. The first-order valence-corrected chi connectivity index (χ1v) is 10.6. The molecule has 0 spiro atoms. The van der Waals surface area contributed by atoms with Gasteiger partial charge in [0, 0.05) is 11.1 Å². The molecule has 0 radical (unpaired) electrons. The van der Waals surface area contributed by atoms with Crippen LogP contribution in [0.5, 0.6) is 0 Å². The summed E-state index contributed by atoms with van der Waals surface area (Å²) >= 11 is 0. The van der Waals surface area contributed by atoms with E-state index in [0.717, 1.165) is 28.0 Å². The van der Waals surface area contributed by atoms with E-state index in [9.17, 15) is 14.4 Å². The van der Waals surface area contributed by atoms with Gasteiger partial charge in [-0.3, -0.25) is 9.59 Å². The van der Waals surface area contributed by atoms with Crippen molar-refractivity contribution in [2.24, 2.45) is 0 Å². The molecule has 0 aliphatic carbocycles. The lowest BCUT2D eigenvalue weighted by Crippen LogP contribution is -3.15. The molecule has 2 amide bonds. The molecule has 31 heavy (non-hydrogen) atoms. The van der Waals surface area contributed by atoms with E-state index in [1.807, 2.05) is 36.4 Å². The summed E-state index contributed by atoms with van der Waals surface area (Å²) in [5, 5.41) is 3.72. The summed E-state index contributed by atoms with van der Waals surface area (Å²) < 4.78 is 5.29. The van der Waals surface area contributed by atoms with Crippen LogP contribution in [0.25, 0.3) is 11.0 Å². The van der Waals surface area contributed by atoms with Crippen LogP contribution >= 0.6 is 0 Å². The van der Waals surface area contributed by atoms with Crippen molar-refractivity contribution < 1.29 is 18.9 Å². The van der Waals surface area contributed by atoms with E-state index in [1.165, 1.54) is 0 Å². The van der Waals surface area contributed by atoms with Crippen molar-refractivity contribution in [3.05, 3.63) is 76.1 Å². The van der Waals surface area contributed by atoms with E-state index in [2.05, 4.69) is 12.2 Å². The Balaban J connectivity index is 1.35. The number of fused-ring (bicyclic) bond motifs is 1. The largest absolute Gasteiger partial charge is 0.422 e. The predicted molar refractivity (Wildman–Crippen MR) is 118 cm³/mol. The van der Waals surface area contributed by atoms with E-state index >= 15 is 0 Å². The Labute approximate surface area is 180 Å². The van der Waals surface area contributed by atoms with Gasteiger partial charge in [0.1, 0.15) is 11.1 Å². The van der Waals surface area contributed by atoms with Crippen LogP contribution in [-0.2, 0) is 11.2 Å². The minimum Gasteiger partial charge on any atom is -0.422 e.